The van der Waals surface area contributed by atoms with Crippen molar-refractivity contribution in [1.82, 2.24) is 0 Å². The first-order valence-electron chi connectivity index (χ1n) is 11.4. The third-order valence-electron chi connectivity index (χ3n) is 5.88. The first-order chi connectivity index (χ1) is 16.6. The number of aryl methyl sites for hydroxylation is 1. The molecule has 0 bridgehead atoms. The Hall–Kier alpha value is -3.63. The van der Waals surface area contributed by atoms with Gasteiger partial charge in [-0.05, 0) is 55.5 Å². The molecule has 1 aliphatic heterocycles. The van der Waals surface area contributed by atoms with Gasteiger partial charge in [-0.2, -0.15) is 5.26 Å². The van der Waals surface area contributed by atoms with Crippen molar-refractivity contribution >= 4 is 34.5 Å². The molecule has 1 aromatic heterocycles. The van der Waals surface area contributed by atoms with Gasteiger partial charge < -0.3 is 15.0 Å². The van der Waals surface area contributed by atoms with Gasteiger partial charge in [0.1, 0.15) is 5.75 Å². The molecule has 1 saturated heterocycles. The van der Waals surface area contributed by atoms with E-state index in [1.165, 1.54) is 0 Å². The molecule has 4 rings (SSSR count). The Morgan fingerprint density at radius 2 is 2.03 bits per heavy atom. The Balaban J connectivity index is 1.56. The Kier molecular flexibility index (Phi) is 7.61. The molecule has 34 heavy (non-hydrogen) atoms. The highest BCUT2D eigenvalue weighted by atomic mass is 32.1. The van der Waals surface area contributed by atoms with Gasteiger partial charge >= 0.3 is 0 Å². The number of amides is 2. The lowest BCUT2D eigenvalue weighted by molar-refractivity contribution is -0.125. The third-order valence-corrected chi connectivity index (χ3v) is 6.83. The number of nitriles is 1. The van der Waals surface area contributed by atoms with Crippen molar-refractivity contribution in [3.63, 3.8) is 0 Å². The molecule has 3 aromatic rings. The van der Waals surface area contributed by atoms with E-state index in [1.807, 2.05) is 66.9 Å². The summed E-state index contributed by atoms with van der Waals surface area (Å²) in [6, 6.07) is 20.8. The fourth-order valence-corrected chi connectivity index (χ4v) is 5.08. The summed E-state index contributed by atoms with van der Waals surface area (Å²) in [4.78, 5) is 29.3. The zero-order valence-corrected chi connectivity index (χ0v) is 19.9. The largest absolute Gasteiger partial charge is 0.493 e. The molecule has 2 unspecified atom stereocenters. The standard InChI is InChI=1S/C27H27N3O3S/c1-19-9-11-21(12-10-19)30-25(31)14-13-23(26(30)24-8-5-17-34-24)27(32)29-20-6-4-7-22(18-20)33-16-3-2-15-28/h4-12,17-18,23,26H,2-3,13-14,16H2,1H3,(H,29,32). The number of hydrogen-bond donors (Lipinski definition) is 1. The Bertz CT molecular complexity index is 1170. The second-order valence-corrected chi connectivity index (χ2v) is 9.31. The average molecular weight is 474 g/mol. The van der Waals surface area contributed by atoms with Crippen LogP contribution in [0.25, 0.3) is 0 Å². The highest BCUT2D eigenvalue weighted by Crippen LogP contribution is 2.42. The monoisotopic (exact) mass is 473 g/mol. The fraction of sp³-hybridized carbons (Fsp3) is 0.296. The third kappa shape index (κ3) is 5.46. The molecule has 2 aromatic carbocycles. The first-order valence-corrected chi connectivity index (χ1v) is 12.3. The number of anilines is 2. The second kappa shape index (κ2) is 11.0. The molecule has 0 aliphatic carbocycles. The number of nitrogens with zero attached hydrogens (tertiary/aromatic N) is 2. The number of ether oxygens (including phenoxy) is 1. The van der Waals surface area contributed by atoms with Gasteiger partial charge in [0, 0.05) is 35.2 Å². The molecule has 174 valence electrons. The Labute approximate surface area is 203 Å². The molecular formula is C27H27N3O3S. The maximum Gasteiger partial charge on any atom is 0.229 e. The van der Waals surface area contributed by atoms with Crippen LogP contribution in [-0.4, -0.2) is 18.4 Å². The number of hydrogen-bond acceptors (Lipinski definition) is 5. The van der Waals surface area contributed by atoms with Crippen LogP contribution in [0.2, 0.25) is 0 Å². The molecule has 2 atom stereocenters. The van der Waals surface area contributed by atoms with E-state index in [0.717, 1.165) is 16.1 Å². The molecule has 1 fully saturated rings. The van der Waals surface area contributed by atoms with Crippen LogP contribution in [0.5, 0.6) is 5.75 Å². The van der Waals surface area contributed by atoms with Crippen molar-refractivity contribution in [3.8, 4) is 11.8 Å². The van der Waals surface area contributed by atoms with Gasteiger partial charge in [0.25, 0.3) is 0 Å². The van der Waals surface area contributed by atoms with Gasteiger partial charge in [0.2, 0.25) is 11.8 Å². The van der Waals surface area contributed by atoms with E-state index in [1.54, 1.807) is 22.3 Å². The number of carbonyl (C=O) groups is 2. The SMILES string of the molecule is Cc1ccc(N2C(=O)CCC(C(=O)Nc3cccc(OCCCC#N)c3)C2c2cccs2)cc1. The minimum Gasteiger partial charge on any atom is -0.493 e. The van der Waals surface area contributed by atoms with Crippen molar-refractivity contribution in [2.75, 3.05) is 16.8 Å². The van der Waals surface area contributed by atoms with E-state index in [0.29, 0.717) is 43.7 Å². The number of rotatable bonds is 8. The van der Waals surface area contributed by atoms with E-state index >= 15 is 0 Å². The maximum atomic E-state index is 13.5. The molecule has 1 N–H and O–H groups in total. The number of carbonyl (C=O) groups excluding carboxylic acids is 2. The fourth-order valence-electron chi connectivity index (χ4n) is 4.20. The van der Waals surface area contributed by atoms with Gasteiger partial charge in [-0.25, -0.2) is 0 Å². The summed E-state index contributed by atoms with van der Waals surface area (Å²) in [6.07, 6.45) is 1.90. The smallest absolute Gasteiger partial charge is 0.229 e. The normalized spacial score (nSPS) is 17.8. The van der Waals surface area contributed by atoms with Gasteiger partial charge in [-0.1, -0.05) is 29.8 Å². The molecule has 0 spiro atoms. The van der Waals surface area contributed by atoms with Gasteiger partial charge in [0.05, 0.1) is 24.6 Å². The van der Waals surface area contributed by atoms with Crippen LogP contribution in [0.1, 0.15) is 42.2 Å². The molecular weight excluding hydrogens is 446 g/mol. The lowest BCUT2D eigenvalue weighted by Gasteiger charge is -2.40. The molecule has 7 heteroatoms. The van der Waals surface area contributed by atoms with Crippen LogP contribution in [0.15, 0.2) is 66.0 Å². The van der Waals surface area contributed by atoms with Crippen LogP contribution in [0.4, 0.5) is 11.4 Å². The van der Waals surface area contributed by atoms with E-state index in [9.17, 15) is 9.59 Å². The topological polar surface area (TPSA) is 82.4 Å². The van der Waals surface area contributed by atoms with E-state index in [-0.39, 0.29) is 17.9 Å². The van der Waals surface area contributed by atoms with Gasteiger partial charge in [0.15, 0.2) is 0 Å². The van der Waals surface area contributed by atoms with E-state index in [2.05, 4.69) is 11.4 Å². The highest BCUT2D eigenvalue weighted by molar-refractivity contribution is 7.10. The number of nitrogens with one attached hydrogen (secondary N) is 1. The minimum absolute atomic E-state index is 0.0269. The van der Waals surface area contributed by atoms with Gasteiger partial charge in [-0.3, -0.25) is 9.59 Å². The molecule has 0 saturated carbocycles. The molecule has 2 heterocycles. The van der Waals surface area contributed by atoms with Crippen LogP contribution in [0.3, 0.4) is 0 Å². The summed E-state index contributed by atoms with van der Waals surface area (Å²) < 4.78 is 5.70. The van der Waals surface area contributed by atoms with Crippen LogP contribution in [-0.2, 0) is 9.59 Å². The molecule has 0 radical (unpaired) electrons. The lowest BCUT2D eigenvalue weighted by atomic mass is 9.86. The van der Waals surface area contributed by atoms with E-state index < -0.39 is 5.92 Å². The predicted molar refractivity (Wildman–Crippen MR) is 134 cm³/mol. The van der Waals surface area contributed by atoms with Crippen molar-refractivity contribution in [1.29, 1.82) is 5.26 Å². The summed E-state index contributed by atoms with van der Waals surface area (Å²) >= 11 is 1.56. The number of unbranched alkanes of at least 4 members (excludes halogenated alkanes) is 1. The summed E-state index contributed by atoms with van der Waals surface area (Å²) in [5, 5.41) is 13.7. The van der Waals surface area contributed by atoms with E-state index in [4.69, 9.17) is 10.00 Å². The summed E-state index contributed by atoms with van der Waals surface area (Å²) in [6.45, 7) is 2.46. The Morgan fingerprint density at radius 1 is 1.21 bits per heavy atom. The molecule has 2 amide bonds. The maximum absolute atomic E-state index is 13.5. The van der Waals surface area contributed by atoms with Crippen LogP contribution in [0, 0.1) is 24.2 Å². The summed E-state index contributed by atoms with van der Waals surface area (Å²) in [7, 11) is 0. The average Bonchev–Trinajstić information content (AvgIpc) is 3.37. The number of piperidine rings is 1. The zero-order valence-electron chi connectivity index (χ0n) is 19.1. The number of thiophene rings is 1. The zero-order chi connectivity index (χ0) is 23.9. The van der Waals surface area contributed by atoms with Crippen LogP contribution < -0.4 is 15.0 Å². The van der Waals surface area contributed by atoms with Crippen molar-refractivity contribution in [2.24, 2.45) is 5.92 Å². The van der Waals surface area contributed by atoms with Crippen molar-refractivity contribution in [3.05, 3.63) is 76.5 Å². The van der Waals surface area contributed by atoms with Crippen molar-refractivity contribution in [2.45, 2.75) is 38.6 Å². The predicted octanol–water partition coefficient (Wildman–Crippen LogP) is 5.86. The second-order valence-electron chi connectivity index (χ2n) is 8.33. The van der Waals surface area contributed by atoms with Crippen LogP contribution >= 0.6 is 11.3 Å². The Morgan fingerprint density at radius 3 is 2.76 bits per heavy atom. The summed E-state index contributed by atoms with van der Waals surface area (Å²) in [5.74, 6) is 0.159. The minimum atomic E-state index is -0.391. The van der Waals surface area contributed by atoms with Gasteiger partial charge in [-0.15, -0.1) is 11.3 Å². The quantitative estimate of drug-likeness (QED) is 0.415. The molecule has 1 aliphatic rings. The van der Waals surface area contributed by atoms with Crippen molar-refractivity contribution < 1.29 is 14.3 Å². The first kappa shape index (κ1) is 23.5. The lowest BCUT2D eigenvalue weighted by Crippen LogP contribution is -2.46. The number of benzene rings is 2. The molecule has 6 nitrogen and oxygen atoms in total. The summed E-state index contributed by atoms with van der Waals surface area (Å²) in [5.41, 5.74) is 2.57. The highest BCUT2D eigenvalue weighted by Gasteiger charge is 2.42.